The molecule has 0 amide bonds. The summed E-state index contributed by atoms with van der Waals surface area (Å²) in [4.78, 5) is 11.3. The lowest BCUT2D eigenvalue weighted by Gasteiger charge is -2.08. The van der Waals surface area contributed by atoms with Crippen molar-refractivity contribution in [1.29, 1.82) is 0 Å². The van der Waals surface area contributed by atoms with E-state index >= 15 is 0 Å². The molecule has 0 heterocycles. The highest BCUT2D eigenvalue weighted by Gasteiger charge is 2.22. The summed E-state index contributed by atoms with van der Waals surface area (Å²) >= 11 is 0.122. The third kappa shape index (κ3) is 2.48. The van der Waals surface area contributed by atoms with Crippen molar-refractivity contribution >= 4 is 81.7 Å². The van der Waals surface area contributed by atoms with Crippen LogP contribution in [0.3, 0.4) is 0 Å². The average Bonchev–Trinajstić information content (AvgIpc) is 2.28. The van der Waals surface area contributed by atoms with Crippen molar-refractivity contribution in [2.75, 3.05) is 0 Å². The largest absolute Gasteiger partial charge is 0.478 e. The number of aromatic carboxylic acids is 1. The van der Waals surface area contributed by atoms with E-state index in [4.69, 9.17) is 0 Å². The summed E-state index contributed by atoms with van der Waals surface area (Å²) in [5.41, 5.74) is -0.106. The summed E-state index contributed by atoms with van der Waals surface area (Å²) in [5, 5.41) is 10.5. The molecule has 94 valence electrons. The zero-order chi connectivity index (χ0) is 13.4. The molecule has 0 aromatic heterocycles. The molecule has 1 N–H and O–H groups in total. The SMILES string of the molecule is O=C(O)c1c(I(=O)=O)c(I)cc2c(I)cccc12. The highest BCUT2D eigenvalue weighted by molar-refractivity contribution is 14.2. The Morgan fingerprint density at radius 1 is 1.11 bits per heavy atom. The van der Waals surface area contributed by atoms with Gasteiger partial charge in [0.05, 0.1) is 5.56 Å². The smallest absolute Gasteiger partial charge is 0.342 e. The lowest BCUT2D eigenvalue weighted by Crippen LogP contribution is -2.04. The molecule has 0 aliphatic carbocycles. The van der Waals surface area contributed by atoms with E-state index in [2.05, 4.69) is 22.6 Å². The molecule has 0 spiro atoms. The number of hydrogen-bond acceptors (Lipinski definition) is 3. The number of rotatable bonds is 2. The summed E-state index contributed by atoms with van der Waals surface area (Å²) in [6.07, 6.45) is 0. The Hall–Kier alpha value is -0.0400. The zero-order valence-corrected chi connectivity index (χ0v) is 15.1. The molecule has 0 saturated heterocycles. The first-order chi connectivity index (χ1) is 8.43. The van der Waals surface area contributed by atoms with Gasteiger partial charge in [-0.1, -0.05) is 12.1 Å². The molecule has 2 aromatic rings. The monoisotopic (exact) mass is 582 g/mol. The fraction of sp³-hybridized carbons (Fsp3) is 0. The molecule has 2 rings (SSSR count). The molecule has 18 heavy (non-hydrogen) atoms. The molecule has 0 aliphatic rings. The minimum absolute atomic E-state index is 0.0261. The Labute approximate surface area is 137 Å². The molecule has 0 aliphatic heterocycles. The molecule has 0 unspecified atom stereocenters. The molecule has 4 nitrogen and oxygen atoms in total. The van der Waals surface area contributed by atoms with E-state index < -0.39 is 25.8 Å². The molecular formula is C11H5I3O4. The van der Waals surface area contributed by atoms with Gasteiger partial charge in [0.25, 0.3) is 0 Å². The summed E-state index contributed by atoms with van der Waals surface area (Å²) in [5.74, 6) is -1.20. The van der Waals surface area contributed by atoms with Gasteiger partial charge in [0.1, 0.15) is 3.57 Å². The van der Waals surface area contributed by atoms with Crippen LogP contribution in [0.25, 0.3) is 10.8 Å². The summed E-state index contributed by atoms with van der Waals surface area (Å²) < 4.78 is 24.0. The van der Waals surface area contributed by atoms with Gasteiger partial charge in [-0.2, -0.15) is 0 Å². The van der Waals surface area contributed by atoms with Gasteiger partial charge in [0, 0.05) is 7.14 Å². The first-order valence-corrected chi connectivity index (χ1v) is 9.62. The molecule has 0 fully saturated rings. The maximum atomic E-state index is 11.3. The fourth-order valence-electron chi connectivity index (χ4n) is 1.69. The molecular weight excluding hydrogens is 577 g/mol. The zero-order valence-electron chi connectivity index (χ0n) is 8.62. The van der Waals surface area contributed by atoms with Crippen LogP contribution >= 0.6 is 65.0 Å². The lowest BCUT2D eigenvalue weighted by atomic mass is 10.1. The Bertz CT molecular complexity index is 727. The van der Waals surface area contributed by atoms with Gasteiger partial charge in [-0.05, 0) is 68.1 Å². The first kappa shape index (κ1) is 14.4. The highest BCUT2D eigenvalue weighted by Crippen LogP contribution is 2.34. The number of halogens is 3. The van der Waals surface area contributed by atoms with E-state index in [1.807, 2.05) is 28.7 Å². The third-order valence-electron chi connectivity index (χ3n) is 2.39. The van der Waals surface area contributed by atoms with E-state index in [-0.39, 0.29) is 9.13 Å². The molecule has 0 bridgehead atoms. The second-order valence-electron chi connectivity index (χ2n) is 3.40. The van der Waals surface area contributed by atoms with Gasteiger partial charge < -0.3 is 5.11 Å². The van der Waals surface area contributed by atoms with Gasteiger partial charge in [-0.15, -0.1) is 0 Å². The van der Waals surface area contributed by atoms with E-state index in [1.165, 1.54) is 0 Å². The molecule has 2 aromatic carbocycles. The van der Waals surface area contributed by atoms with Gasteiger partial charge in [-0.25, -0.2) is 10.9 Å². The topological polar surface area (TPSA) is 71.4 Å². The molecule has 0 saturated carbocycles. The van der Waals surface area contributed by atoms with Gasteiger partial charge >= 0.3 is 25.8 Å². The summed E-state index contributed by atoms with van der Waals surface area (Å²) in [7, 11) is 0. The number of hydrogen-bond donors (Lipinski definition) is 1. The standard InChI is InChI=1S/C11H5I3O4/c12-7-3-1-2-5-6(7)4-8(13)10(14(17)18)9(5)11(15)16/h1-4H,(H,15,16). The van der Waals surface area contributed by atoms with E-state index in [1.54, 1.807) is 18.2 Å². The lowest BCUT2D eigenvalue weighted by molar-refractivity contribution is 0.0697. The first-order valence-electron chi connectivity index (χ1n) is 4.62. The van der Waals surface area contributed by atoms with Crippen LogP contribution in [0, 0.1) is 10.7 Å². The van der Waals surface area contributed by atoms with Crippen LogP contribution in [0.5, 0.6) is 0 Å². The maximum absolute atomic E-state index is 11.3. The number of carboxylic acid groups (broad SMARTS) is 1. The van der Waals surface area contributed by atoms with E-state index in [0.717, 1.165) is 8.96 Å². The Balaban J connectivity index is 3.09. The van der Waals surface area contributed by atoms with Crippen LogP contribution < -0.4 is 0 Å². The van der Waals surface area contributed by atoms with Crippen molar-refractivity contribution in [3.8, 4) is 0 Å². The second-order valence-corrected chi connectivity index (χ2v) is 8.05. The molecule has 0 radical (unpaired) electrons. The van der Waals surface area contributed by atoms with Crippen LogP contribution in [0.1, 0.15) is 10.4 Å². The summed E-state index contributed by atoms with van der Waals surface area (Å²) in [6.45, 7) is 0. The predicted molar refractivity (Wildman–Crippen MR) is 90.4 cm³/mol. The Morgan fingerprint density at radius 2 is 1.78 bits per heavy atom. The van der Waals surface area contributed by atoms with Crippen molar-refractivity contribution in [2.45, 2.75) is 0 Å². The van der Waals surface area contributed by atoms with Crippen molar-refractivity contribution < 1.29 is 16.0 Å². The average molecular weight is 582 g/mol. The highest BCUT2D eigenvalue weighted by atomic mass is 127. The normalized spacial score (nSPS) is 11.1. The molecule has 7 heteroatoms. The van der Waals surface area contributed by atoms with Crippen LogP contribution in [-0.4, -0.2) is 11.1 Å². The van der Waals surface area contributed by atoms with Gasteiger partial charge in [0.15, 0.2) is 0 Å². The minimum Gasteiger partial charge on any atom is -0.478 e. The van der Waals surface area contributed by atoms with Crippen LogP contribution in [0.4, 0.5) is 0 Å². The van der Waals surface area contributed by atoms with Gasteiger partial charge in [-0.3, -0.25) is 0 Å². The number of benzene rings is 2. The summed E-state index contributed by atoms with van der Waals surface area (Å²) in [6, 6.07) is 6.94. The Kier molecular flexibility index (Phi) is 4.41. The van der Waals surface area contributed by atoms with E-state index in [0.29, 0.717) is 8.96 Å². The van der Waals surface area contributed by atoms with Crippen molar-refractivity contribution in [3.63, 3.8) is 0 Å². The Morgan fingerprint density at radius 3 is 2.33 bits per heavy atom. The number of carboxylic acids is 1. The predicted octanol–water partition coefficient (Wildman–Crippen LogP) is 4.11. The van der Waals surface area contributed by atoms with Crippen LogP contribution in [0.2, 0.25) is 0 Å². The number of fused-ring (bicyclic) bond motifs is 1. The second kappa shape index (κ2) is 5.53. The van der Waals surface area contributed by atoms with Gasteiger partial charge in [0.2, 0.25) is 0 Å². The quantitative estimate of drug-likeness (QED) is 0.542. The van der Waals surface area contributed by atoms with Crippen molar-refractivity contribution in [3.05, 3.63) is 40.5 Å². The fourth-order valence-corrected chi connectivity index (χ4v) is 5.58. The third-order valence-corrected chi connectivity index (χ3v) is 7.22. The van der Waals surface area contributed by atoms with Crippen LogP contribution in [-0.2, 0) is 6.14 Å². The van der Waals surface area contributed by atoms with Crippen LogP contribution in [0.15, 0.2) is 24.3 Å². The van der Waals surface area contributed by atoms with Crippen molar-refractivity contribution in [1.82, 2.24) is 0 Å². The minimum atomic E-state index is -3.85. The maximum Gasteiger partial charge on any atom is 0.342 e. The van der Waals surface area contributed by atoms with Crippen molar-refractivity contribution in [2.24, 2.45) is 0 Å². The van der Waals surface area contributed by atoms with E-state index in [9.17, 15) is 16.0 Å². The molecule has 0 atom stereocenters. The number of carbonyl (C=O) groups is 1.